The van der Waals surface area contributed by atoms with Crippen molar-refractivity contribution in [2.24, 2.45) is 22.7 Å². The van der Waals surface area contributed by atoms with Crippen LogP contribution in [-0.2, 0) is 16.0 Å². The highest BCUT2D eigenvalue weighted by Gasteiger charge is 2.61. The first-order valence-electron chi connectivity index (χ1n) is 12.2. The molecule has 2 atom stereocenters. The molecule has 2 unspecified atom stereocenters. The summed E-state index contributed by atoms with van der Waals surface area (Å²) in [7, 11) is 0. The summed E-state index contributed by atoms with van der Waals surface area (Å²) < 4.78 is 5.70. The molecule has 2 saturated heterocycles. The van der Waals surface area contributed by atoms with E-state index in [1.54, 1.807) is 28.7 Å². The van der Waals surface area contributed by atoms with Crippen LogP contribution in [0.2, 0.25) is 10.0 Å². The van der Waals surface area contributed by atoms with Gasteiger partial charge in [-0.3, -0.25) is 25.4 Å². The smallest absolute Gasteiger partial charge is 0.265 e. The number of hydrogen-bond donors (Lipinski definition) is 2. The predicted molar refractivity (Wildman–Crippen MR) is 144 cm³/mol. The van der Waals surface area contributed by atoms with Crippen LogP contribution in [0.15, 0.2) is 29.9 Å². The number of carbonyl (C=O) groups is 2. The van der Waals surface area contributed by atoms with E-state index in [0.717, 1.165) is 12.0 Å². The molecule has 0 bridgehead atoms. The maximum absolute atomic E-state index is 13.1. The third-order valence-corrected chi connectivity index (χ3v) is 9.39. The molecule has 2 amide bonds. The van der Waals surface area contributed by atoms with E-state index in [0.29, 0.717) is 53.9 Å². The Kier molecular flexibility index (Phi) is 6.83. The molecular weight excluding hydrogens is 533 g/mol. The summed E-state index contributed by atoms with van der Waals surface area (Å²) >= 11 is 13.4. The van der Waals surface area contributed by atoms with Crippen LogP contribution in [0.1, 0.15) is 41.9 Å². The van der Waals surface area contributed by atoms with E-state index in [9.17, 15) is 9.59 Å². The first-order chi connectivity index (χ1) is 17.5. The monoisotopic (exact) mass is 561 g/mol. The van der Waals surface area contributed by atoms with Crippen LogP contribution in [0.25, 0.3) is 0 Å². The molecule has 196 valence electrons. The number of rotatable bonds is 6. The second-order valence-corrected chi connectivity index (χ2v) is 12.7. The highest BCUT2D eigenvalue weighted by atomic mass is 35.5. The summed E-state index contributed by atoms with van der Waals surface area (Å²) in [6.45, 7) is 5.93. The van der Waals surface area contributed by atoms with Gasteiger partial charge >= 0.3 is 0 Å². The molecule has 8 nitrogen and oxygen atoms in total. The minimum atomic E-state index is -0.448. The molecule has 1 aliphatic carbocycles. The molecule has 3 heterocycles. The molecule has 0 radical (unpaired) electrons. The lowest BCUT2D eigenvalue weighted by Crippen LogP contribution is -2.63. The normalized spacial score (nSPS) is 23.0. The first-order valence-corrected chi connectivity index (χ1v) is 13.9. The zero-order valence-electron chi connectivity index (χ0n) is 20.7. The number of aryl methyl sites for hydroxylation is 1. The third-order valence-electron chi connectivity index (χ3n) is 7.89. The van der Waals surface area contributed by atoms with Gasteiger partial charge in [-0.05, 0) is 36.0 Å². The maximum Gasteiger partial charge on any atom is 0.265 e. The van der Waals surface area contributed by atoms with E-state index in [1.165, 1.54) is 11.3 Å². The van der Waals surface area contributed by atoms with Crippen molar-refractivity contribution in [3.63, 3.8) is 0 Å². The van der Waals surface area contributed by atoms with Crippen molar-refractivity contribution in [2.45, 2.75) is 33.1 Å². The van der Waals surface area contributed by atoms with Gasteiger partial charge in [0.1, 0.15) is 4.88 Å². The number of nitrogens with one attached hydrogen (secondary N) is 2. The fourth-order valence-corrected chi connectivity index (χ4v) is 6.38. The highest BCUT2D eigenvalue weighted by Crippen LogP contribution is 2.54. The van der Waals surface area contributed by atoms with E-state index in [-0.39, 0.29) is 34.9 Å². The van der Waals surface area contributed by atoms with Gasteiger partial charge in [0.15, 0.2) is 11.8 Å². The van der Waals surface area contributed by atoms with Gasteiger partial charge in [0.25, 0.3) is 5.91 Å². The van der Waals surface area contributed by atoms with Gasteiger partial charge in [0.05, 0.1) is 27.7 Å². The van der Waals surface area contributed by atoms with E-state index >= 15 is 0 Å². The van der Waals surface area contributed by atoms with Gasteiger partial charge in [-0.15, -0.1) is 11.3 Å². The van der Waals surface area contributed by atoms with Crippen molar-refractivity contribution in [1.29, 1.82) is 10.8 Å². The number of thiazole rings is 1. The minimum absolute atomic E-state index is 0.0227. The van der Waals surface area contributed by atoms with Crippen LogP contribution in [0.5, 0.6) is 0 Å². The quantitative estimate of drug-likeness (QED) is 0.381. The highest BCUT2D eigenvalue weighted by molar-refractivity contribution is 7.11. The molecule has 2 aromatic rings. The van der Waals surface area contributed by atoms with Crippen molar-refractivity contribution in [3.05, 3.63) is 50.4 Å². The standard InChI is InChI=1S/C26H29Cl2N5O3S/c1-25(2)8-16(25)23(34)33-12-26(13-33)11-32(24(35)20-9-31-14-37-20)10-17(26)22(30)36-21(29)6-4-15-3-5-18(27)19(28)7-15/h3,5,7,9,14,16-17,29-30H,4,6,8,10-13H2,1-2H3. The van der Waals surface area contributed by atoms with Gasteiger partial charge in [-0.2, -0.15) is 0 Å². The molecule has 1 aromatic heterocycles. The SMILES string of the molecule is CC1(C)CC1C(=O)N1CC2(CN(C(=O)c3cncs3)CC2C(=N)OC(=N)CCc2ccc(Cl)c(Cl)c2)C1. The molecule has 11 heteroatoms. The van der Waals surface area contributed by atoms with E-state index < -0.39 is 11.3 Å². The van der Waals surface area contributed by atoms with Gasteiger partial charge in [0, 0.05) is 43.9 Å². The summed E-state index contributed by atoms with van der Waals surface area (Å²) in [5.41, 5.74) is 2.14. The minimum Gasteiger partial charge on any atom is -0.429 e. The third kappa shape index (κ3) is 5.13. The summed E-state index contributed by atoms with van der Waals surface area (Å²) in [5, 5.41) is 18.0. The molecule has 3 aliphatic rings. The van der Waals surface area contributed by atoms with E-state index in [2.05, 4.69) is 18.8 Å². The van der Waals surface area contributed by atoms with Crippen LogP contribution < -0.4 is 0 Å². The molecule has 37 heavy (non-hydrogen) atoms. The van der Waals surface area contributed by atoms with Gasteiger partial charge in [-0.25, -0.2) is 0 Å². The van der Waals surface area contributed by atoms with Crippen LogP contribution in [-0.4, -0.2) is 64.6 Å². The van der Waals surface area contributed by atoms with Crippen LogP contribution in [0.4, 0.5) is 0 Å². The van der Waals surface area contributed by atoms with Gasteiger partial charge < -0.3 is 14.5 Å². The second kappa shape index (κ2) is 9.67. The lowest BCUT2D eigenvalue weighted by molar-refractivity contribution is -0.146. The summed E-state index contributed by atoms with van der Waals surface area (Å²) in [5.74, 6) is -0.373. The Balaban J connectivity index is 1.25. The molecule has 1 saturated carbocycles. The average molecular weight is 563 g/mol. The van der Waals surface area contributed by atoms with E-state index in [1.807, 2.05) is 11.0 Å². The van der Waals surface area contributed by atoms with Crippen LogP contribution in [0, 0.1) is 33.5 Å². The predicted octanol–water partition coefficient (Wildman–Crippen LogP) is 5.00. The number of amides is 2. The zero-order valence-corrected chi connectivity index (χ0v) is 23.1. The number of hydrogen-bond acceptors (Lipinski definition) is 7. The van der Waals surface area contributed by atoms with Gasteiger partial charge in [-0.1, -0.05) is 43.1 Å². The van der Waals surface area contributed by atoms with Crippen molar-refractivity contribution >= 4 is 58.1 Å². The Bertz CT molecular complexity index is 1260. The second-order valence-electron chi connectivity index (χ2n) is 11.0. The molecule has 3 fully saturated rings. The van der Waals surface area contributed by atoms with Gasteiger partial charge in [0.2, 0.25) is 5.91 Å². The number of aromatic nitrogens is 1. The van der Waals surface area contributed by atoms with Crippen LogP contribution in [0.3, 0.4) is 0 Å². The Morgan fingerprint density at radius 3 is 2.46 bits per heavy atom. The fourth-order valence-electron chi connectivity index (χ4n) is 5.47. The Morgan fingerprint density at radius 2 is 1.84 bits per heavy atom. The van der Waals surface area contributed by atoms with Crippen molar-refractivity contribution in [1.82, 2.24) is 14.8 Å². The Hall–Kier alpha value is -2.49. The van der Waals surface area contributed by atoms with E-state index in [4.69, 9.17) is 38.8 Å². The topological polar surface area (TPSA) is 110 Å². The summed E-state index contributed by atoms with van der Waals surface area (Å²) in [4.78, 5) is 34.2. The largest absolute Gasteiger partial charge is 0.429 e. The average Bonchev–Trinajstić information content (AvgIpc) is 3.22. The number of benzene rings is 1. The number of nitrogens with zero attached hydrogens (tertiary/aromatic N) is 3. The molecular formula is C26H29Cl2N5O3S. The lowest BCUT2D eigenvalue weighted by atomic mass is 9.71. The number of carbonyl (C=O) groups excluding carboxylic acids is 2. The maximum atomic E-state index is 13.1. The number of ether oxygens (including phenoxy) is 1. The zero-order chi connectivity index (χ0) is 26.5. The summed E-state index contributed by atoms with van der Waals surface area (Å²) in [6.07, 6.45) is 3.27. The van der Waals surface area contributed by atoms with Crippen LogP contribution >= 0.6 is 34.5 Å². The molecule has 1 aromatic carbocycles. The number of halogens is 2. The lowest BCUT2D eigenvalue weighted by Gasteiger charge is -2.50. The number of likely N-dealkylation sites (tertiary alicyclic amines) is 2. The molecule has 2 aliphatic heterocycles. The van der Waals surface area contributed by atoms with Crippen molar-refractivity contribution < 1.29 is 14.3 Å². The van der Waals surface area contributed by atoms with Crippen molar-refractivity contribution in [3.8, 4) is 0 Å². The van der Waals surface area contributed by atoms with Crippen molar-refractivity contribution in [2.75, 3.05) is 26.2 Å². The fraction of sp³-hybridized carbons (Fsp3) is 0.500. The molecule has 2 N–H and O–H groups in total. The summed E-state index contributed by atoms with van der Waals surface area (Å²) in [6, 6.07) is 5.33. The molecule has 5 rings (SSSR count). The molecule has 1 spiro atoms. The Labute approximate surface area is 229 Å². The Morgan fingerprint density at radius 1 is 1.14 bits per heavy atom. The first kappa shape index (κ1) is 26.1.